The van der Waals surface area contributed by atoms with Gasteiger partial charge in [0, 0.05) is 18.7 Å². The first-order chi connectivity index (χ1) is 14.1. The molecule has 30 heavy (non-hydrogen) atoms. The first-order valence-electron chi connectivity index (χ1n) is 9.32. The molecule has 158 valence electrons. The smallest absolute Gasteiger partial charge is 0.413 e. The summed E-state index contributed by atoms with van der Waals surface area (Å²) in [6.07, 6.45) is 2.86. The number of aromatic nitrogens is 3. The molecule has 2 aromatic heterocycles. The van der Waals surface area contributed by atoms with E-state index in [0.29, 0.717) is 27.8 Å². The van der Waals surface area contributed by atoms with Crippen molar-refractivity contribution < 1.29 is 19.1 Å². The lowest BCUT2D eigenvalue weighted by atomic mass is 10.2. The zero-order valence-electron chi connectivity index (χ0n) is 17.6. The van der Waals surface area contributed by atoms with Crippen molar-refractivity contribution in [3.8, 4) is 17.0 Å². The molecule has 1 N–H and O–H groups in total. The third-order valence-corrected chi connectivity index (χ3v) is 5.04. The highest BCUT2D eigenvalue weighted by Crippen LogP contribution is 2.31. The van der Waals surface area contributed by atoms with Crippen LogP contribution in [0.15, 0.2) is 36.7 Å². The number of anilines is 1. The minimum Gasteiger partial charge on any atom is -0.497 e. The second-order valence-electron chi connectivity index (χ2n) is 7.65. The number of methoxy groups -OCH3 is 1. The average Bonchev–Trinajstić information content (AvgIpc) is 3.27. The van der Waals surface area contributed by atoms with Crippen LogP contribution in [0.2, 0.25) is 0 Å². The van der Waals surface area contributed by atoms with E-state index in [1.54, 1.807) is 38.8 Å². The topological polar surface area (TPSA) is 95.3 Å². The summed E-state index contributed by atoms with van der Waals surface area (Å²) in [6, 6.07) is 7.71. The molecule has 2 heterocycles. The Morgan fingerprint density at radius 2 is 1.90 bits per heavy atom. The Bertz CT molecular complexity index is 1050. The van der Waals surface area contributed by atoms with Crippen molar-refractivity contribution >= 4 is 28.3 Å². The lowest BCUT2D eigenvalue weighted by Crippen LogP contribution is -2.27. The van der Waals surface area contributed by atoms with Gasteiger partial charge in [0.15, 0.2) is 10.9 Å². The van der Waals surface area contributed by atoms with Gasteiger partial charge in [0.1, 0.15) is 11.4 Å². The number of Topliss-reactive ketones (excluding diaryl/α,β-unsaturated/α-hetero) is 1. The number of hydrogen-bond donors (Lipinski definition) is 1. The standard InChI is InChI=1S/C21H24N4O4S/c1-13(26)18-17(23-19(30-18)24-20(27)29-21(2,3)4)15-10-22-25(12-15)11-14-6-8-16(28-5)9-7-14/h6-10,12H,11H2,1-5H3,(H,23,24,27). The van der Waals surface area contributed by atoms with E-state index >= 15 is 0 Å². The Morgan fingerprint density at radius 3 is 2.50 bits per heavy atom. The molecule has 0 bridgehead atoms. The Balaban J connectivity index is 1.80. The van der Waals surface area contributed by atoms with E-state index < -0.39 is 11.7 Å². The van der Waals surface area contributed by atoms with Crippen molar-refractivity contribution in [1.29, 1.82) is 0 Å². The molecule has 9 heteroatoms. The lowest BCUT2D eigenvalue weighted by molar-refractivity contribution is 0.0635. The second-order valence-corrected chi connectivity index (χ2v) is 8.65. The quantitative estimate of drug-likeness (QED) is 0.576. The van der Waals surface area contributed by atoms with Gasteiger partial charge in [-0.05, 0) is 38.5 Å². The molecule has 0 atom stereocenters. The summed E-state index contributed by atoms with van der Waals surface area (Å²) in [4.78, 5) is 29.0. The van der Waals surface area contributed by atoms with Gasteiger partial charge in [-0.3, -0.25) is 14.8 Å². The van der Waals surface area contributed by atoms with E-state index in [1.807, 2.05) is 30.5 Å². The molecule has 0 aliphatic rings. The molecule has 3 aromatic rings. The number of rotatable bonds is 6. The molecule has 0 fully saturated rings. The van der Waals surface area contributed by atoms with E-state index in [4.69, 9.17) is 9.47 Å². The minimum absolute atomic E-state index is 0.136. The number of thiazole rings is 1. The van der Waals surface area contributed by atoms with Crippen LogP contribution in [0.5, 0.6) is 5.75 Å². The number of carbonyl (C=O) groups excluding carboxylic acids is 2. The van der Waals surface area contributed by atoms with Crippen molar-refractivity contribution in [3.63, 3.8) is 0 Å². The van der Waals surface area contributed by atoms with E-state index in [9.17, 15) is 9.59 Å². The van der Waals surface area contributed by atoms with Gasteiger partial charge in [0.2, 0.25) is 0 Å². The monoisotopic (exact) mass is 428 g/mol. The molecule has 3 rings (SSSR count). The van der Waals surface area contributed by atoms with Gasteiger partial charge in [-0.2, -0.15) is 5.10 Å². The van der Waals surface area contributed by atoms with E-state index in [0.717, 1.165) is 22.6 Å². The van der Waals surface area contributed by atoms with Crippen molar-refractivity contribution in [3.05, 3.63) is 47.1 Å². The average molecular weight is 429 g/mol. The number of hydrogen-bond acceptors (Lipinski definition) is 7. The van der Waals surface area contributed by atoms with Crippen LogP contribution in [0.3, 0.4) is 0 Å². The fraction of sp³-hybridized carbons (Fsp3) is 0.333. The van der Waals surface area contributed by atoms with Crippen LogP contribution in [-0.4, -0.2) is 39.4 Å². The summed E-state index contributed by atoms with van der Waals surface area (Å²) in [6.45, 7) is 7.36. The third kappa shape index (κ3) is 5.44. The van der Waals surface area contributed by atoms with Gasteiger partial charge < -0.3 is 9.47 Å². The zero-order valence-corrected chi connectivity index (χ0v) is 18.4. The maximum absolute atomic E-state index is 12.1. The molecule has 0 aliphatic carbocycles. The fourth-order valence-corrected chi connectivity index (χ4v) is 3.56. The molecule has 8 nitrogen and oxygen atoms in total. The van der Waals surface area contributed by atoms with Gasteiger partial charge in [-0.15, -0.1) is 0 Å². The Kier molecular flexibility index (Phi) is 6.21. The maximum Gasteiger partial charge on any atom is 0.413 e. The fourth-order valence-electron chi connectivity index (χ4n) is 2.69. The van der Waals surface area contributed by atoms with E-state index in [-0.39, 0.29) is 5.78 Å². The molecule has 0 spiro atoms. The zero-order chi connectivity index (χ0) is 21.9. The predicted molar refractivity (Wildman–Crippen MR) is 115 cm³/mol. The van der Waals surface area contributed by atoms with Crippen LogP contribution in [0, 0.1) is 0 Å². The van der Waals surface area contributed by atoms with E-state index in [2.05, 4.69) is 15.4 Å². The first kappa shape index (κ1) is 21.5. The minimum atomic E-state index is -0.629. The summed E-state index contributed by atoms with van der Waals surface area (Å²) >= 11 is 1.11. The van der Waals surface area contributed by atoms with Crippen LogP contribution in [0.4, 0.5) is 9.93 Å². The maximum atomic E-state index is 12.1. The number of carbonyl (C=O) groups is 2. The van der Waals surface area contributed by atoms with Gasteiger partial charge in [0.05, 0.1) is 30.4 Å². The van der Waals surface area contributed by atoms with Crippen LogP contribution in [0.25, 0.3) is 11.3 Å². The summed E-state index contributed by atoms with van der Waals surface area (Å²) < 4.78 is 12.2. The number of nitrogens with one attached hydrogen (secondary N) is 1. The SMILES string of the molecule is COc1ccc(Cn2cc(-c3nc(NC(=O)OC(C)(C)C)sc3C(C)=O)cn2)cc1. The molecule has 0 radical (unpaired) electrons. The number of ether oxygens (including phenoxy) is 2. The number of benzene rings is 1. The number of nitrogens with zero attached hydrogens (tertiary/aromatic N) is 3. The summed E-state index contributed by atoms with van der Waals surface area (Å²) in [5, 5.41) is 7.27. The predicted octanol–water partition coefficient (Wildman–Crippen LogP) is 4.61. The van der Waals surface area contributed by atoms with Crippen molar-refractivity contribution in [2.75, 3.05) is 12.4 Å². The molecule has 1 amide bonds. The van der Waals surface area contributed by atoms with Gasteiger partial charge in [0.25, 0.3) is 0 Å². The number of ketones is 1. The van der Waals surface area contributed by atoms with Gasteiger partial charge >= 0.3 is 6.09 Å². The highest BCUT2D eigenvalue weighted by Gasteiger charge is 2.21. The van der Waals surface area contributed by atoms with Gasteiger partial charge in [-0.1, -0.05) is 23.5 Å². The second kappa shape index (κ2) is 8.66. The van der Waals surface area contributed by atoms with Crippen molar-refractivity contribution in [2.45, 2.75) is 39.8 Å². The van der Waals surface area contributed by atoms with Crippen LogP contribution in [-0.2, 0) is 11.3 Å². The molecule has 0 saturated carbocycles. The molecule has 0 saturated heterocycles. The Morgan fingerprint density at radius 1 is 1.20 bits per heavy atom. The van der Waals surface area contributed by atoms with Crippen molar-refractivity contribution in [1.82, 2.24) is 14.8 Å². The highest BCUT2D eigenvalue weighted by molar-refractivity contribution is 7.18. The molecular formula is C21H24N4O4S. The molecule has 1 aromatic carbocycles. The number of amides is 1. The highest BCUT2D eigenvalue weighted by atomic mass is 32.1. The summed E-state index contributed by atoms with van der Waals surface area (Å²) in [5.41, 5.74) is 1.61. The normalized spacial score (nSPS) is 11.2. The van der Waals surface area contributed by atoms with Crippen LogP contribution in [0.1, 0.15) is 42.9 Å². The molecular weight excluding hydrogens is 404 g/mol. The van der Waals surface area contributed by atoms with Gasteiger partial charge in [-0.25, -0.2) is 9.78 Å². The third-order valence-electron chi connectivity index (χ3n) is 3.97. The lowest BCUT2D eigenvalue weighted by Gasteiger charge is -2.18. The van der Waals surface area contributed by atoms with Crippen molar-refractivity contribution in [2.24, 2.45) is 0 Å². The molecule has 0 aliphatic heterocycles. The van der Waals surface area contributed by atoms with Crippen LogP contribution < -0.4 is 10.1 Å². The molecule has 0 unspecified atom stereocenters. The summed E-state index contributed by atoms with van der Waals surface area (Å²) in [5.74, 6) is 0.654. The summed E-state index contributed by atoms with van der Waals surface area (Å²) in [7, 11) is 1.63. The largest absolute Gasteiger partial charge is 0.497 e. The van der Waals surface area contributed by atoms with E-state index in [1.165, 1.54) is 6.92 Å². The first-order valence-corrected chi connectivity index (χ1v) is 10.1. The Hall–Kier alpha value is -3.20. The Labute approximate surface area is 178 Å². The van der Waals surface area contributed by atoms with Crippen LogP contribution >= 0.6 is 11.3 Å².